The Kier molecular flexibility index (Phi) is 5.80. The number of hydrogen-bond donors (Lipinski definition) is 0. The second-order valence-corrected chi connectivity index (χ2v) is 6.99. The van der Waals surface area contributed by atoms with Crippen LogP contribution in [0.15, 0.2) is 24.4 Å². The van der Waals surface area contributed by atoms with Gasteiger partial charge in [-0.1, -0.05) is 45.0 Å². The van der Waals surface area contributed by atoms with Gasteiger partial charge < -0.3 is 4.74 Å². The lowest BCUT2D eigenvalue weighted by molar-refractivity contribution is 0.308. The molecule has 23 heavy (non-hydrogen) atoms. The predicted molar refractivity (Wildman–Crippen MR) is 94.0 cm³/mol. The summed E-state index contributed by atoms with van der Waals surface area (Å²) in [6.07, 6.45) is 4.94. The molecule has 1 aromatic heterocycles. The summed E-state index contributed by atoms with van der Waals surface area (Å²) in [5.74, 6) is 1.01. The lowest BCUT2D eigenvalue weighted by atomic mass is 9.85. The summed E-state index contributed by atoms with van der Waals surface area (Å²) in [5.41, 5.74) is 3.73. The smallest absolute Gasteiger partial charge is 0.123 e. The lowest BCUT2D eigenvalue weighted by Crippen LogP contribution is -2.14. The number of ether oxygens (including phenoxy) is 1. The summed E-state index contributed by atoms with van der Waals surface area (Å²) in [5, 5.41) is 8.32. The third-order valence-electron chi connectivity index (χ3n) is 3.89. The molecule has 0 saturated heterocycles. The van der Waals surface area contributed by atoms with E-state index in [-0.39, 0.29) is 5.41 Å². The van der Waals surface area contributed by atoms with Gasteiger partial charge in [0.05, 0.1) is 12.3 Å². The molecule has 1 aromatic carbocycles. The number of hydrogen-bond acceptors (Lipinski definition) is 3. The largest absolute Gasteiger partial charge is 0.493 e. The Labute approximate surface area is 139 Å². The van der Waals surface area contributed by atoms with Gasteiger partial charge >= 0.3 is 0 Å². The van der Waals surface area contributed by atoms with Crippen LogP contribution in [0.25, 0.3) is 0 Å². The minimum absolute atomic E-state index is 0.0738. The minimum Gasteiger partial charge on any atom is -0.493 e. The molecule has 126 valence electrons. The first-order chi connectivity index (χ1) is 10.9. The fourth-order valence-electron chi connectivity index (χ4n) is 2.54. The SMILES string of the molecule is CCCOc1ccc(CCc2cn(CC)nn2)cc1C(C)(C)C. The van der Waals surface area contributed by atoms with Crippen molar-refractivity contribution in [2.75, 3.05) is 6.61 Å². The van der Waals surface area contributed by atoms with Gasteiger partial charge in [0.1, 0.15) is 5.75 Å². The number of aromatic nitrogens is 3. The fourth-order valence-corrected chi connectivity index (χ4v) is 2.54. The zero-order valence-corrected chi connectivity index (χ0v) is 15.1. The Hall–Kier alpha value is -1.84. The van der Waals surface area contributed by atoms with Crippen LogP contribution in [0.2, 0.25) is 0 Å². The van der Waals surface area contributed by atoms with E-state index >= 15 is 0 Å². The molecule has 0 fully saturated rings. The van der Waals surface area contributed by atoms with Crippen LogP contribution in [-0.4, -0.2) is 21.6 Å². The quantitative estimate of drug-likeness (QED) is 0.770. The molecule has 4 nitrogen and oxygen atoms in total. The predicted octanol–water partition coefficient (Wildman–Crippen LogP) is 4.17. The molecule has 0 aliphatic heterocycles. The molecule has 0 amide bonds. The van der Waals surface area contributed by atoms with Gasteiger partial charge in [-0.15, -0.1) is 5.10 Å². The summed E-state index contributed by atoms with van der Waals surface area (Å²) >= 11 is 0. The first kappa shape index (κ1) is 17.5. The van der Waals surface area contributed by atoms with Crippen LogP contribution in [0.3, 0.4) is 0 Å². The van der Waals surface area contributed by atoms with E-state index in [1.165, 1.54) is 11.1 Å². The first-order valence-corrected chi connectivity index (χ1v) is 8.59. The molecule has 0 saturated carbocycles. The summed E-state index contributed by atoms with van der Waals surface area (Å²) < 4.78 is 7.80. The van der Waals surface area contributed by atoms with E-state index in [4.69, 9.17) is 4.74 Å². The van der Waals surface area contributed by atoms with E-state index in [9.17, 15) is 0 Å². The normalized spacial score (nSPS) is 11.7. The molecule has 0 aliphatic rings. The molecule has 2 aromatic rings. The van der Waals surface area contributed by atoms with Crippen molar-refractivity contribution in [3.8, 4) is 5.75 Å². The summed E-state index contributed by atoms with van der Waals surface area (Å²) in [7, 11) is 0. The lowest BCUT2D eigenvalue weighted by Gasteiger charge is -2.23. The number of aryl methyl sites for hydroxylation is 3. The van der Waals surface area contributed by atoms with Crippen LogP contribution in [0.5, 0.6) is 5.75 Å². The zero-order valence-electron chi connectivity index (χ0n) is 15.1. The van der Waals surface area contributed by atoms with Gasteiger partial charge in [0, 0.05) is 12.7 Å². The maximum Gasteiger partial charge on any atom is 0.123 e. The number of rotatable bonds is 7. The van der Waals surface area contributed by atoms with Crippen LogP contribution in [0.1, 0.15) is 57.9 Å². The average Bonchev–Trinajstić information content (AvgIpc) is 2.98. The van der Waals surface area contributed by atoms with Crippen molar-refractivity contribution >= 4 is 0 Å². The second kappa shape index (κ2) is 7.62. The van der Waals surface area contributed by atoms with Gasteiger partial charge in [0.2, 0.25) is 0 Å². The highest BCUT2D eigenvalue weighted by Gasteiger charge is 2.19. The molecule has 0 atom stereocenters. The van der Waals surface area contributed by atoms with E-state index in [2.05, 4.69) is 63.1 Å². The maximum absolute atomic E-state index is 5.92. The summed E-state index contributed by atoms with van der Waals surface area (Å²) in [4.78, 5) is 0. The van der Waals surface area contributed by atoms with Crippen LogP contribution >= 0.6 is 0 Å². The Bertz CT molecular complexity index is 626. The van der Waals surface area contributed by atoms with E-state index in [1.807, 2.05) is 10.9 Å². The molecule has 0 unspecified atom stereocenters. The van der Waals surface area contributed by atoms with Crippen LogP contribution in [0.4, 0.5) is 0 Å². The summed E-state index contributed by atoms with van der Waals surface area (Å²) in [6.45, 7) is 12.5. The standard InChI is InChI=1S/C19H29N3O/c1-6-12-23-18-11-9-15(13-17(18)19(3,4)5)8-10-16-14-22(7-2)21-20-16/h9,11,13-14H,6-8,10,12H2,1-5H3. The number of nitrogens with zero attached hydrogens (tertiary/aromatic N) is 3. The molecular weight excluding hydrogens is 286 g/mol. The topological polar surface area (TPSA) is 39.9 Å². The van der Waals surface area contributed by atoms with Gasteiger partial charge in [-0.25, -0.2) is 0 Å². The Balaban J connectivity index is 2.12. The monoisotopic (exact) mass is 315 g/mol. The molecule has 0 aliphatic carbocycles. The molecule has 2 rings (SSSR count). The highest BCUT2D eigenvalue weighted by Crippen LogP contribution is 2.32. The van der Waals surface area contributed by atoms with Crippen LogP contribution in [0, 0.1) is 0 Å². The third-order valence-corrected chi connectivity index (χ3v) is 3.89. The molecule has 4 heteroatoms. The first-order valence-electron chi connectivity index (χ1n) is 8.59. The van der Waals surface area contributed by atoms with Gasteiger partial charge in [-0.2, -0.15) is 0 Å². The Morgan fingerprint density at radius 3 is 2.52 bits per heavy atom. The van der Waals surface area contributed by atoms with Gasteiger partial charge in [-0.3, -0.25) is 4.68 Å². The molecule has 0 bridgehead atoms. The highest BCUT2D eigenvalue weighted by molar-refractivity contribution is 5.41. The second-order valence-electron chi connectivity index (χ2n) is 6.99. The van der Waals surface area contributed by atoms with Gasteiger partial charge in [0.25, 0.3) is 0 Å². The molecule has 0 N–H and O–H groups in total. The minimum atomic E-state index is 0.0738. The fraction of sp³-hybridized carbons (Fsp3) is 0.579. The Morgan fingerprint density at radius 1 is 1.13 bits per heavy atom. The Morgan fingerprint density at radius 2 is 1.91 bits per heavy atom. The molecule has 0 spiro atoms. The van der Waals surface area contributed by atoms with E-state index in [0.29, 0.717) is 0 Å². The van der Waals surface area contributed by atoms with E-state index in [1.54, 1.807) is 0 Å². The van der Waals surface area contributed by atoms with Crippen LogP contribution in [-0.2, 0) is 24.8 Å². The average molecular weight is 315 g/mol. The number of benzene rings is 1. The van der Waals surface area contributed by atoms with Gasteiger partial charge in [0.15, 0.2) is 0 Å². The van der Waals surface area contributed by atoms with Gasteiger partial charge in [-0.05, 0) is 48.8 Å². The highest BCUT2D eigenvalue weighted by atomic mass is 16.5. The molecular formula is C19H29N3O. The summed E-state index contributed by atoms with van der Waals surface area (Å²) in [6, 6.07) is 6.58. The van der Waals surface area contributed by atoms with Crippen LogP contribution < -0.4 is 4.74 Å². The van der Waals surface area contributed by atoms with Crippen molar-refractivity contribution in [1.29, 1.82) is 0 Å². The van der Waals surface area contributed by atoms with Crippen molar-refractivity contribution in [2.24, 2.45) is 0 Å². The van der Waals surface area contributed by atoms with Crippen molar-refractivity contribution < 1.29 is 4.74 Å². The van der Waals surface area contributed by atoms with Crippen molar-refractivity contribution in [3.63, 3.8) is 0 Å². The maximum atomic E-state index is 5.92. The molecule has 1 heterocycles. The zero-order chi connectivity index (χ0) is 16.9. The van der Waals surface area contributed by atoms with Crippen molar-refractivity contribution in [1.82, 2.24) is 15.0 Å². The van der Waals surface area contributed by atoms with Crippen molar-refractivity contribution in [2.45, 2.75) is 65.8 Å². The van der Waals surface area contributed by atoms with Crippen molar-refractivity contribution in [3.05, 3.63) is 41.2 Å². The van der Waals surface area contributed by atoms with E-state index in [0.717, 1.165) is 43.9 Å². The third kappa shape index (κ3) is 4.81. The molecule has 0 radical (unpaired) electrons. The van der Waals surface area contributed by atoms with E-state index < -0.39 is 0 Å².